The maximum atomic E-state index is 14.6. The van der Waals surface area contributed by atoms with E-state index in [1.807, 2.05) is 18.2 Å². The first-order valence-electron chi connectivity index (χ1n) is 14.9. The summed E-state index contributed by atoms with van der Waals surface area (Å²) in [4.78, 5) is 44.0. The Morgan fingerprint density at radius 3 is 2.45 bits per heavy atom. The molecule has 3 aromatic heterocycles. The van der Waals surface area contributed by atoms with Gasteiger partial charge in [0, 0.05) is 31.5 Å². The normalized spacial score (nSPS) is 12.4. The highest BCUT2D eigenvalue weighted by Crippen LogP contribution is 2.34. The van der Waals surface area contributed by atoms with Gasteiger partial charge < -0.3 is 18.9 Å². The second-order valence-corrected chi connectivity index (χ2v) is 12.3. The Kier molecular flexibility index (Phi) is 10.3. The summed E-state index contributed by atoms with van der Waals surface area (Å²) >= 11 is 1.14. The number of fused-ring (bicyclic) bond motifs is 1. The van der Waals surface area contributed by atoms with Crippen molar-refractivity contribution in [2.24, 2.45) is 0 Å². The lowest BCUT2D eigenvalue weighted by Crippen LogP contribution is -2.53. The summed E-state index contributed by atoms with van der Waals surface area (Å²) in [6.07, 6.45) is 2.63. The lowest BCUT2D eigenvalue weighted by Gasteiger charge is -2.27. The first kappa shape index (κ1) is 33.7. The number of benzene rings is 2. The Balaban J connectivity index is 1.68. The van der Waals surface area contributed by atoms with Crippen LogP contribution in [0.3, 0.4) is 0 Å². The Hall–Kier alpha value is -4.66. The minimum absolute atomic E-state index is 0.0440. The lowest BCUT2D eigenvalue weighted by atomic mass is 10.0. The smallest absolute Gasteiger partial charge is 0.333 e. The predicted octanol–water partition coefficient (Wildman–Crippen LogP) is 4.53. The number of aryl methyl sites for hydroxylation is 1. The molecule has 0 unspecified atom stereocenters. The standard InChI is InChI=1S/C33H36FN5O7S/c1-21-27-28(40)38(33(2,3)31(41)46-20-22-10-7-6-8-11-22)32(42)37(30(27)47-29(21)39-35-14-15-36-39)19-26(45-17-9-16-43-4)24-18-23(34)12-13-25(24)44-5/h6-8,10-15,18,26H,9,16-17,19-20H2,1-5H3/t26-/m0/s1. The van der Waals surface area contributed by atoms with Crippen LogP contribution in [0.15, 0.2) is 70.5 Å². The molecule has 0 aliphatic carbocycles. The number of halogens is 1. The maximum absolute atomic E-state index is 14.6. The van der Waals surface area contributed by atoms with Crippen LogP contribution in [0, 0.1) is 12.7 Å². The number of thiophene rings is 1. The Bertz CT molecular complexity index is 1970. The average molecular weight is 666 g/mol. The highest BCUT2D eigenvalue weighted by molar-refractivity contribution is 7.21. The fourth-order valence-electron chi connectivity index (χ4n) is 5.28. The zero-order valence-electron chi connectivity index (χ0n) is 26.8. The van der Waals surface area contributed by atoms with Gasteiger partial charge >= 0.3 is 11.7 Å². The fraction of sp³-hybridized carbons (Fsp3) is 0.364. The molecule has 14 heteroatoms. The molecule has 0 amide bonds. The quantitative estimate of drug-likeness (QED) is 0.124. The molecular formula is C33H36FN5O7S. The van der Waals surface area contributed by atoms with E-state index < -0.39 is 34.7 Å². The molecule has 0 N–H and O–H groups in total. The first-order valence-corrected chi connectivity index (χ1v) is 15.7. The van der Waals surface area contributed by atoms with Crippen molar-refractivity contribution >= 4 is 27.5 Å². The molecule has 5 aromatic rings. The lowest BCUT2D eigenvalue weighted by molar-refractivity contribution is -0.154. The zero-order chi connectivity index (χ0) is 33.7. The van der Waals surface area contributed by atoms with E-state index in [-0.39, 0.29) is 25.1 Å². The molecule has 5 rings (SSSR count). The van der Waals surface area contributed by atoms with Gasteiger partial charge in [0.15, 0.2) is 0 Å². The summed E-state index contributed by atoms with van der Waals surface area (Å²) in [5.74, 6) is -0.933. The first-order chi connectivity index (χ1) is 22.6. The number of nitrogens with zero attached hydrogens (tertiary/aromatic N) is 5. The molecule has 0 aliphatic heterocycles. The van der Waals surface area contributed by atoms with Crippen LogP contribution >= 0.6 is 11.3 Å². The minimum atomic E-state index is -1.72. The van der Waals surface area contributed by atoms with Crippen molar-refractivity contribution in [2.45, 2.75) is 52.0 Å². The van der Waals surface area contributed by atoms with E-state index in [0.717, 1.165) is 21.5 Å². The summed E-state index contributed by atoms with van der Waals surface area (Å²) in [5.41, 5.74) is -1.53. The van der Waals surface area contributed by atoms with Crippen LogP contribution < -0.4 is 16.0 Å². The monoisotopic (exact) mass is 665 g/mol. The number of aromatic nitrogens is 5. The SMILES string of the molecule is COCCCO[C@@H](Cn1c(=O)n(C(C)(C)C(=O)OCc2ccccc2)c(=O)c2c(C)c(-n3nccn3)sc21)c1cc(F)ccc1OC. The molecule has 248 valence electrons. The van der Waals surface area contributed by atoms with Crippen LogP contribution in [-0.2, 0) is 37.7 Å². The fourth-order valence-corrected chi connectivity index (χ4v) is 6.50. The van der Waals surface area contributed by atoms with E-state index in [4.69, 9.17) is 18.9 Å². The molecule has 0 aliphatic rings. The van der Waals surface area contributed by atoms with Crippen molar-refractivity contribution in [1.29, 1.82) is 0 Å². The number of carbonyl (C=O) groups is 1. The molecular weight excluding hydrogens is 629 g/mol. The molecule has 3 heterocycles. The van der Waals surface area contributed by atoms with Crippen LogP contribution in [0.1, 0.15) is 43.1 Å². The van der Waals surface area contributed by atoms with Gasteiger partial charge in [0.05, 0.1) is 31.4 Å². The number of carbonyl (C=O) groups excluding carboxylic acids is 1. The molecule has 2 aromatic carbocycles. The summed E-state index contributed by atoms with van der Waals surface area (Å²) in [5, 5.41) is 9.17. The topological polar surface area (TPSA) is 129 Å². The Morgan fingerprint density at radius 2 is 1.77 bits per heavy atom. The Labute approximate surface area is 273 Å². The number of rotatable bonds is 14. The van der Waals surface area contributed by atoms with Crippen LogP contribution in [0.5, 0.6) is 5.75 Å². The number of hydrogen-bond acceptors (Lipinski definition) is 10. The van der Waals surface area contributed by atoms with Gasteiger partial charge in [-0.15, -0.1) is 4.80 Å². The molecule has 12 nitrogen and oxygen atoms in total. The predicted molar refractivity (Wildman–Crippen MR) is 174 cm³/mol. The molecule has 0 radical (unpaired) electrons. The number of methoxy groups -OCH3 is 2. The number of esters is 1. The van der Waals surface area contributed by atoms with Gasteiger partial charge in [-0.3, -0.25) is 9.36 Å². The third kappa shape index (κ3) is 6.89. The largest absolute Gasteiger partial charge is 0.496 e. The van der Waals surface area contributed by atoms with Gasteiger partial charge in [0.2, 0.25) is 0 Å². The number of ether oxygens (including phenoxy) is 4. The molecule has 1 atom stereocenters. The van der Waals surface area contributed by atoms with Crippen LogP contribution in [-0.4, -0.2) is 57.5 Å². The van der Waals surface area contributed by atoms with Gasteiger partial charge in [-0.2, -0.15) is 10.2 Å². The molecule has 0 saturated heterocycles. The van der Waals surface area contributed by atoms with Gasteiger partial charge in [-0.05, 0) is 51.0 Å². The molecule has 0 saturated carbocycles. The molecule has 0 bridgehead atoms. The molecule has 47 heavy (non-hydrogen) atoms. The third-order valence-electron chi connectivity index (χ3n) is 7.76. The van der Waals surface area contributed by atoms with Gasteiger partial charge in [-0.1, -0.05) is 41.7 Å². The van der Waals surface area contributed by atoms with Gasteiger partial charge in [0.25, 0.3) is 5.56 Å². The summed E-state index contributed by atoms with van der Waals surface area (Å²) in [6, 6.07) is 13.1. The van der Waals surface area contributed by atoms with Crippen molar-refractivity contribution in [2.75, 3.05) is 27.4 Å². The highest BCUT2D eigenvalue weighted by atomic mass is 32.1. The number of hydrogen-bond donors (Lipinski definition) is 0. The van der Waals surface area contributed by atoms with Crippen molar-refractivity contribution in [3.8, 4) is 10.8 Å². The van der Waals surface area contributed by atoms with Crippen molar-refractivity contribution in [3.63, 3.8) is 0 Å². The average Bonchev–Trinajstić information content (AvgIpc) is 3.71. The van der Waals surface area contributed by atoms with Crippen molar-refractivity contribution in [1.82, 2.24) is 24.1 Å². The van der Waals surface area contributed by atoms with E-state index >= 15 is 0 Å². The Morgan fingerprint density at radius 1 is 1.04 bits per heavy atom. The van der Waals surface area contributed by atoms with E-state index in [0.29, 0.717) is 39.7 Å². The minimum Gasteiger partial charge on any atom is -0.496 e. The van der Waals surface area contributed by atoms with Crippen LogP contribution in [0.25, 0.3) is 15.2 Å². The second-order valence-electron chi connectivity index (χ2n) is 11.3. The van der Waals surface area contributed by atoms with Crippen LogP contribution in [0.4, 0.5) is 4.39 Å². The van der Waals surface area contributed by atoms with Crippen molar-refractivity contribution < 1.29 is 28.1 Å². The van der Waals surface area contributed by atoms with Crippen molar-refractivity contribution in [3.05, 3.63) is 104 Å². The van der Waals surface area contributed by atoms with E-state index in [1.54, 1.807) is 26.2 Å². The van der Waals surface area contributed by atoms with Gasteiger partial charge in [0.1, 0.15) is 39.6 Å². The third-order valence-corrected chi connectivity index (χ3v) is 9.04. The molecule has 0 fully saturated rings. The highest BCUT2D eigenvalue weighted by Gasteiger charge is 2.37. The van der Waals surface area contributed by atoms with Crippen LogP contribution in [0.2, 0.25) is 0 Å². The maximum Gasteiger partial charge on any atom is 0.333 e. The summed E-state index contributed by atoms with van der Waals surface area (Å²) in [6.45, 7) is 5.11. The summed E-state index contributed by atoms with van der Waals surface area (Å²) < 4.78 is 39.5. The van der Waals surface area contributed by atoms with E-state index in [2.05, 4.69) is 10.2 Å². The zero-order valence-corrected chi connectivity index (χ0v) is 27.6. The molecule has 0 spiro atoms. The summed E-state index contributed by atoms with van der Waals surface area (Å²) in [7, 11) is 3.03. The second kappa shape index (κ2) is 14.4. The van der Waals surface area contributed by atoms with Gasteiger partial charge in [-0.25, -0.2) is 18.5 Å². The van der Waals surface area contributed by atoms with E-state index in [1.165, 1.54) is 60.9 Å². The van der Waals surface area contributed by atoms with E-state index in [9.17, 15) is 18.8 Å².